The minimum absolute atomic E-state index is 0. The predicted octanol–water partition coefficient (Wildman–Crippen LogP) is 3.05. The van der Waals surface area contributed by atoms with Crippen molar-refractivity contribution in [2.24, 2.45) is 0 Å². The number of nitrogens with one attached hydrogen (secondary N) is 1. The molecular formula is C20H30Cl3N3O4S. The maximum atomic E-state index is 12.7. The van der Waals surface area contributed by atoms with Gasteiger partial charge >= 0.3 is 0 Å². The van der Waals surface area contributed by atoms with Crippen molar-refractivity contribution < 1.29 is 17.9 Å². The fourth-order valence-corrected chi connectivity index (χ4v) is 6.17. The van der Waals surface area contributed by atoms with E-state index >= 15 is 0 Å². The van der Waals surface area contributed by atoms with Gasteiger partial charge in [-0.25, -0.2) is 8.42 Å². The highest BCUT2D eigenvalue weighted by Gasteiger charge is 2.41. The van der Waals surface area contributed by atoms with Crippen molar-refractivity contribution in [3.05, 3.63) is 33.8 Å². The minimum atomic E-state index is -3.20. The molecule has 0 radical (unpaired) electrons. The summed E-state index contributed by atoms with van der Waals surface area (Å²) in [5.74, 6) is -0.0788. The van der Waals surface area contributed by atoms with Gasteiger partial charge in [-0.05, 0) is 37.5 Å². The molecule has 0 aliphatic carbocycles. The summed E-state index contributed by atoms with van der Waals surface area (Å²) in [4.78, 5) is 15.0. The van der Waals surface area contributed by atoms with Gasteiger partial charge in [0.15, 0.2) is 0 Å². The standard InChI is InChI=1S/C20H29Cl2N3O4S.ClH/c1-2-12-30(27,28)25-9-7-24(8-10-25)20(6-3-11-29-15-20)14-23-19(26)17-5-4-16(21)13-18(17)22;/h4-5,13H,2-3,6-12,14-15H2,1H3,(H,23,26);1H. The third-order valence-corrected chi connectivity index (χ3v) is 8.44. The fourth-order valence-electron chi connectivity index (χ4n) is 4.18. The Bertz CT molecular complexity index is 855. The molecule has 0 spiro atoms. The Morgan fingerprint density at radius 3 is 2.52 bits per heavy atom. The molecule has 1 unspecified atom stereocenters. The molecule has 2 heterocycles. The number of carbonyl (C=O) groups excluding carboxylic acids is 1. The largest absolute Gasteiger partial charge is 0.379 e. The molecule has 1 N–H and O–H groups in total. The highest BCUT2D eigenvalue weighted by molar-refractivity contribution is 7.89. The van der Waals surface area contributed by atoms with Crippen molar-refractivity contribution in [3.8, 4) is 0 Å². The summed E-state index contributed by atoms with van der Waals surface area (Å²) in [5.41, 5.74) is 0.0244. The van der Waals surface area contributed by atoms with Crippen molar-refractivity contribution in [1.82, 2.24) is 14.5 Å². The van der Waals surface area contributed by atoms with Crippen LogP contribution in [0.25, 0.3) is 0 Å². The van der Waals surface area contributed by atoms with Crippen LogP contribution < -0.4 is 5.32 Å². The maximum absolute atomic E-state index is 12.7. The molecule has 0 aromatic heterocycles. The third-order valence-electron chi connectivity index (χ3n) is 5.82. The van der Waals surface area contributed by atoms with Crippen molar-refractivity contribution in [3.63, 3.8) is 0 Å². The first kappa shape index (κ1) is 26.6. The molecule has 0 bridgehead atoms. The van der Waals surface area contributed by atoms with Gasteiger partial charge in [0.25, 0.3) is 5.91 Å². The Balaban J connectivity index is 0.00000341. The highest BCUT2D eigenvalue weighted by atomic mass is 35.5. The van der Waals surface area contributed by atoms with Crippen LogP contribution in [-0.2, 0) is 14.8 Å². The van der Waals surface area contributed by atoms with E-state index in [4.69, 9.17) is 27.9 Å². The molecule has 1 atom stereocenters. The number of halogens is 3. The van der Waals surface area contributed by atoms with Crippen LogP contribution in [0, 0.1) is 0 Å². The highest BCUT2D eigenvalue weighted by Crippen LogP contribution is 2.28. The number of sulfonamides is 1. The number of hydrogen-bond acceptors (Lipinski definition) is 5. The summed E-state index contributed by atoms with van der Waals surface area (Å²) in [5, 5.41) is 3.79. The Kier molecular flexibility index (Phi) is 9.88. The summed E-state index contributed by atoms with van der Waals surface area (Å²) < 4.78 is 32.1. The molecular weight excluding hydrogens is 485 g/mol. The number of benzene rings is 1. The van der Waals surface area contributed by atoms with Gasteiger partial charge in [-0.15, -0.1) is 12.4 Å². The first-order valence-corrected chi connectivity index (χ1v) is 12.7. The second kappa shape index (κ2) is 11.5. The lowest BCUT2D eigenvalue weighted by Crippen LogP contribution is -2.64. The Morgan fingerprint density at radius 1 is 1.23 bits per heavy atom. The minimum Gasteiger partial charge on any atom is -0.379 e. The zero-order chi connectivity index (χ0) is 21.8. The van der Waals surface area contributed by atoms with Crippen LogP contribution in [-0.4, -0.2) is 80.8 Å². The van der Waals surface area contributed by atoms with Crippen molar-refractivity contribution in [1.29, 1.82) is 0 Å². The molecule has 1 aromatic rings. The summed E-state index contributed by atoms with van der Waals surface area (Å²) in [7, 11) is -3.20. The van der Waals surface area contributed by atoms with Crippen molar-refractivity contribution in [2.45, 2.75) is 31.7 Å². The van der Waals surface area contributed by atoms with Crippen molar-refractivity contribution in [2.75, 3.05) is 51.7 Å². The van der Waals surface area contributed by atoms with Crippen LogP contribution in [0.1, 0.15) is 36.5 Å². The van der Waals surface area contributed by atoms with Crippen LogP contribution in [0.2, 0.25) is 10.0 Å². The summed E-state index contributed by atoms with van der Waals surface area (Å²) >= 11 is 12.1. The summed E-state index contributed by atoms with van der Waals surface area (Å²) in [6.45, 7) is 5.63. The van der Waals surface area contributed by atoms with Gasteiger partial charge < -0.3 is 10.1 Å². The van der Waals surface area contributed by atoms with E-state index in [1.165, 1.54) is 0 Å². The van der Waals surface area contributed by atoms with Gasteiger partial charge in [0, 0.05) is 44.4 Å². The predicted molar refractivity (Wildman–Crippen MR) is 126 cm³/mol. The second-order valence-corrected chi connectivity index (χ2v) is 10.8. The van der Waals surface area contributed by atoms with E-state index in [1.807, 2.05) is 6.92 Å². The SMILES string of the molecule is CCCS(=O)(=O)N1CCN(C2(CNC(=O)c3ccc(Cl)cc3Cl)CCCOC2)CC1.Cl. The van der Waals surface area contributed by atoms with E-state index in [0.717, 1.165) is 12.8 Å². The van der Waals surface area contributed by atoms with E-state index in [0.29, 0.717) is 68.0 Å². The fraction of sp³-hybridized carbons (Fsp3) is 0.650. The smallest absolute Gasteiger partial charge is 0.252 e. The number of nitrogens with zero attached hydrogens (tertiary/aromatic N) is 2. The normalized spacial score (nSPS) is 23.2. The Morgan fingerprint density at radius 2 is 1.94 bits per heavy atom. The second-order valence-electron chi connectivity index (χ2n) is 7.89. The van der Waals surface area contributed by atoms with E-state index < -0.39 is 10.0 Å². The summed E-state index contributed by atoms with van der Waals surface area (Å²) in [6.07, 6.45) is 2.38. The number of ether oxygens (including phenoxy) is 1. The Hall–Kier alpha value is -0.610. The van der Waals surface area contributed by atoms with Crippen LogP contribution in [0.3, 0.4) is 0 Å². The van der Waals surface area contributed by atoms with E-state index in [9.17, 15) is 13.2 Å². The number of piperazine rings is 1. The molecule has 176 valence electrons. The van der Waals surface area contributed by atoms with E-state index in [-0.39, 0.29) is 29.6 Å². The average molecular weight is 515 g/mol. The van der Waals surface area contributed by atoms with Gasteiger partial charge in [-0.1, -0.05) is 30.1 Å². The lowest BCUT2D eigenvalue weighted by Gasteiger charge is -2.49. The third kappa shape index (κ3) is 6.47. The number of rotatable bonds is 7. The van der Waals surface area contributed by atoms with Gasteiger partial charge in [-0.2, -0.15) is 4.31 Å². The first-order chi connectivity index (χ1) is 14.3. The van der Waals surface area contributed by atoms with Crippen LogP contribution >= 0.6 is 35.6 Å². The monoisotopic (exact) mass is 513 g/mol. The molecule has 31 heavy (non-hydrogen) atoms. The molecule has 2 saturated heterocycles. The molecule has 3 rings (SSSR count). The van der Waals surface area contributed by atoms with Gasteiger partial charge in [0.1, 0.15) is 0 Å². The molecule has 2 aliphatic heterocycles. The number of amides is 1. The first-order valence-electron chi connectivity index (χ1n) is 10.3. The quantitative estimate of drug-likeness (QED) is 0.605. The zero-order valence-electron chi connectivity index (χ0n) is 17.6. The van der Waals surface area contributed by atoms with Crippen molar-refractivity contribution >= 4 is 51.5 Å². The van der Waals surface area contributed by atoms with Gasteiger partial charge in [0.05, 0.1) is 28.5 Å². The molecule has 11 heteroatoms. The van der Waals surface area contributed by atoms with Crippen LogP contribution in [0.15, 0.2) is 18.2 Å². The molecule has 2 aliphatic rings. The Labute approximate surface area is 200 Å². The molecule has 1 amide bonds. The van der Waals surface area contributed by atoms with Gasteiger partial charge in [0.2, 0.25) is 10.0 Å². The lowest BCUT2D eigenvalue weighted by atomic mass is 9.89. The number of carbonyl (C=O) groups is 1. The lowest BCUT2D eigenvalue weighted by molar-refractivity contribution is -0.0578. The number of hydrogen-bond donors (Lipinski definition) is 1. The molecule has 1 aromatic carbocycles. The van der Waals surface area contributed by atoms with E-state index in [2.05, 4.69) is 10.2 Å². The van der Waals surface area contributed by atoms with E-state index in [1.54, 1.807) is 22.5 Å². The zero-order valence-corrected chi connectivity index (χ0v) is 20.8. The topological polar surface area (TPSA) is 79.0 Å². The van der Waals surface area contributed by atoms with Crippen LogP contribution in [0.4, 0.5) is 0 Å². The van der Waals surface area contributed by atoms with Crippen LogP contribution in [0.5, 0.6) is 0 Å². The molecule has 0 saturated carbocycles. The molecule has 7 nitrogen and oxygen atoms in total. The molecule has 2 fully saturated rings. The summed E-state index contributed by atoms with van der Waals surface area (Å²) in [6, 6.07) is 4.80. The maximum Gasteiger partial charge on any atom is 0.252 e. The average Bonchev–Trinajstić information content (AvgIpc) is 2.73. The van der Waals surface area contributed by atoms with Gasteiger partial charge in [-0.3, -0.25) is 9.69 Å².